The van der Waals surface area contributed by atoms with E-state index in [1.165, 1.54) is 17.4 Å². The van der Waals surface area contributed by atoms with Gasteiger partial charge in [0.15, 0.2) is 10.1 Å². The number of thiazole rings is 1. The maximum atomic E-state index is 10.8. The molecule has 0 amide bonds. The number of nitro groups is 1. The molecule has 1 aromatic carbocycles. The first-order valence-electron chi connectivity index (χ1n) is 6.86. The topological polar surface area (TPSA) is 82.1 Å². The van der Waals surface area contributed by atoms with Crippen LogP contribution in [0.25, 0.3) is 20.9 Å². The van der Waals surface area contributed by atoms with Gasteiger partial charge in [0.25, 0.3) is 5.69 Å². The number of hydrogen-bond acceptors (Lipinski definition) is 8. The molecular formula is C15H9N3O3S3. The Kier molecular flexibility index (Phi) is 4.05. The fraction of sp³-hybridized carbons (Fsp3) is 0.0667. The molecule has 0 saturated heterocycles. The molecule has 0 bridgehead atoms. The van der Waals surface area contributed by atoms with Crippen LogP contribution in [-0.2, 0) is 5.75 Å². The highest BCUT2D eigenvalue weighted by Crippen LogP contribution is 2.34. The lowest BCUT2D eigenvalue weighted by atomic mass is 10.3. The van der Waals surface area contributed by atoms with Crippen LogP contribution in [0.2, 0.25) is 0 Å². The standard InChI is InChI=1S/C15H9N3O3S3/c19-18(20)10-3-4-11-14(7-10)24-15(16-11)23-8-9-6-12(21-17-9)13-2-1-5-22-13/h1-7H,8H2. The average molecular weight is 375 g/mol. The van der Waals surface area contributed by atoms with Gasteiger partial charge in [-0.25, -0.2) is 4.98 Å². The molecule has 4 rings (SSSR count). The third-order valence-corrected chi connectivity index (χ3v) is 6.31. The van der Waals surface area contributed by atoms with Crippen molar-refractivity contribution in [1.82, 2.24) is 10.1 Å². The second-order valence-electron chi connectivity index (χ2n) is 4.84. The maximum absolute atomic E-state index is 10.8. The Morgan fingerprint density at radius 3 is 3.00 bits per heavy atom. The zero-order valence-electron chi connectivity index (χ0n) is 12.0. The molecule has 0 N–H and O–H groups in total. The number of nitrogens with zero attached hydrogens (tertiary/aromatic N) is 3. The number of hydrogen-bond donors (Lipinski definition) is 0. The minimum atomic E-state index is -0.395. The van der Waals surface area contributed by atoms with Crippen molar-refractivity contribution < 1.29 is 9.45 Å². The second-order valence-corrected chi connectivity index (χ2v) is 8.04. The molecule has 24 heavy (non-hydrogen) atoms. The first-order valence-corrected chi connectivity index (χ1v) is 9.54. The first kappa shape index (κ1) is 15.3. The summed E-state index contributed by atoms with van der Waals surface area (Å²) in [4.78, 5) is 16.0. The van der Waals surface area contributed by atoms with E-state index >= 15 is 0 Å². The zero-order chi connectivity index (χ0) is 16.5. The SMILES string of the molecule is O=[N+]([O-])c1ccc2nc(SCc3cc(-c4cccs4)on3)sc2c1. The lowest BCUT2D eigenvalue weighted by Crippen LogP contribution is -1.85. The minimum absolute atomic E-state index is 0.0831. The number of benzene rings is 1. The van der Waals surface area contributed by atoms with Crippen LogP contribution >= 0.6 is 34.4 Å². The lowest BCUT2D eigenvalue weighted by molar-refractivity contribution is -0.384. The second kappa shape index (κ2) is 6.34. The minimum Gasteiger partial charge on any atom is -0.355 e. The summed E-state index contributed by atoms with van der Waals surface area (Å²) in [5.41, 5.74) is 1.70. The molecule has 4 aromatic rings. The first-order chi connectivity index (χ1) is 11.7. The summed E-state index contributed by atoms with van der Waals surface area (Å²) >= 11 is 4.59. The summed E-state index contributed by atoms with van der Waals surface area (Å²) in [5, 5.41) is 16.9. The van der Waals surface area contributed by atoms with E-state index in [1.807, 2.05) is 23.6 Å². The fourth-order valence-corrected chi connectivity index (χ4v) is 4.77. The van der Waals surface area contributed by atoms with Crippen molar-refractivity contribution in [1.29, 1.82) is 0 Å². The molecular weight excluding hydrogens is 366 g/mol. The smallest absolute Gasteiger partial charge is 0.270 e. The van der Waals surface area contributed by atoms with Crippen LogP contribution in [0.1, 0.15) is 5.69 Å². The summed E-state index contributed by atoms with van der Waals surface area (Å²) < 4.78 is 7.02. The summed E-state index contributed by atoms with van der Waals surface area (Å²) in [6.07, 6.45) is 0. The Hall–Kier alpha value is -2.23. The maximum Gasteiger partial charge on any atom is 0.270 e. The third kappa shape index (κ3) is 3.05. The van der Waals surface area contributed by atoms with Gasteiger partial charge in [-0.05, 0) is 17.5 Å². The van der Waals surface area contributed by atoms with Crippen LogP contribution in [0.4, 0.5) is 5.69 Å². The van der Waals surface area contributed by atoms with E-state index in [-0.39, 0.29) is 5.69 Å². The molecule has 120 valence electrons. The van der Waals surface area contributed by atoms with Crippen LogP contribution in [0, 0.1) is 10.1 Å². The number of thioether (sulfide) groups is 1. The predicted octanol–water partition coefficient (Wildman–Crippen LogP) is 5.21. The molecule has 3 heterocycles. The molecule has 0 saturated carbocycles. The molecule has 0 atom stereocenters. The molecule has 0 unspecified atom stereocenters. The number of aromatic nitrogens is 2. The molecule has 9 heteroatoms. The molecule has 0 aliphatic carbocycles. The van der Waals surface area contributed by atoms with Crippen molar-refractivity contribution in [3.8, 4) is 10.6 Å². The van der Waals surface area contributed by atoms with Crippen LogP contribution < -0.4 is 0 Å². The van der Waals surface area contributed by atoms with E-state index in [2.05, 4.69) is 10.1 Å². The third-order valence-electron chi connectivity index (χ3n) is 3.23. The van der Waals surface area contributed by atoms with Crippen molar-refractivity contribution in [2.45, 2.75) is 10.1 Å². The summed E-state index contributed by atoms with van der Waals surface area (Å²) in [5.74, 6) is 1.40. The van der Waals surface area contributed by atoms with Gasteiger partial charge < -0.3 is 4.52 Å². The van der Waals surface area contributed by atoms with Gasteiger partial charge in [-0.15, -0.1) is 22.7 Å². The highest BCUT2D eigenvalue weighted by Gasteiger charge is 2.12. The van der Waals surface area contributed by atoms with Gasteiger partial charge in [-0.1, -0.05) is 23.0 Å². The number of thiophene rings is 1. The van der Waals surface area contributed by atoms with Crippen LogP contribution in [0.3, 0.4) is 0 Å². The van der Waals surface area contributed by atoms with Gasteiger partial charge in [0, 0.05) is 24.0 Å². The van der Waals surface area contributed by atoms with Gasteiger partial charge in [0.1, 0.15) is 0 Å². The van der Waals surface area contributed by atoms with Crippen molar-refractivity contribution in [2.24, 2.45) is 0 Å². The number of non-ortho nitro benzene ring substituents is 1. The van der Waals surface area contributed by atoms with Crippen LogP contribution in [0.5, 0.6) is 0 Å². The lowest BCUT2D eigenvalue weighted by Gasteiger charge is -1.90. The largest absolute Gasteiger partial charge is 0.355 e. The summed E-state index contributed by atoms with van der Waals surface area (Å²) in [6, 6.07) is 10.6. The predicted molar refractivity (Wildman–Crippen MR) is 95.7 cm³/mol. The fourth-order valence-electron chi connectivity index (χ4n) is 2.12. The van der Waals surface area contributed by atoms with Gasteiger partial charge in [-0.2, -0.15) is 0 Å². The van der Waals surface area contributed by atoms with Crippen LogP contribution in [0.15, 0.2) is 50.6 Å². The number of rotatable bonds is 5. The van der Waals surface area contributed by atoms with Crippen molar-refractivity contribution in [2.75, 3.05) is 0 Å². The Bertz CT molecular complexity index is 1010. The molecule has 0 spiro atoms. The Morgan fingerprint density at radius 2 is 2.21 bits per heavy atom. The molecule has 6 nitrogen and oxygen atoms in total. The Morgan fingerprint density at radius 1 is 1.29 bits per heavy atom. The summed E-state index contributed by atoms with van der Waals surface area (Å²) in [7, 11) is 0. The molecule has 0 aliphatic heterocycles. The van der Waals surface area contributed by atoms with Gasteiger partial charge >= 0.3 is 0 Å². The van der Waals surface area contributed by atoms with E-state index in [4.69, 9.17) is 4.52 Å². The van der Waals surface area contributed by atoms with E-state index in [9.17, 15) is 10.1 Å². The van der Waals surface area contributed by atoms with Crippen LogP contribution in [-0.4, -0.2) is 15.1 Å². The molecule has 0 aliphatic rings. The van der Waals surface area contributed by atoms with E-state index in [1.54, 1.807) is 35.2 Å². The summed E-state index contributed by atoms with van der Waals surface area (Å²) in [6.45, 7) is 0. The highest BCUT2D eigenvalue weighted by molar-refractivity contribution is 8.00. The van der Waals surface area contributed by atoms with E-state index in [0.717, 1.165) is 30.9 Å². The van der Waals surface area contributed by atoms with E-state index < -0.39 is 4.92 Å². The average Bonchev–Trinajstić information content (AvgIpc) is 3.30. The molecule has 0 radical (unpaired) electrons. The molecule has 3 aromatic heterocycles. The molecule has 0 fully saturated rings. The van der Waals surface area contributed by atoms with Gasteiger partial charge in [0.05, 0.1) is 25.7 Å². The van der Waals surface area contributed by atoms with Crippen molar-refractivity contribution >= 4 is 50.3 Å². The van der Waals surface area contributed by atoms with E-state index in [0.29, 0.717) is 5.75 Å². The Balaban J connectivity index is 1.49. The van der Waals surface area contributed by atoms with Crippen molar-refractivity contribution in [3.63, 3.8) is 0 Å². The number of nitro benzene ring substituents is 1. The quantitative estimate of drug-likeness (QED) is 0.270. The number of fused-ring (bicyclic) bond motifs is 1. The monoisotopic (exact) mass is 375 g/mol. The zero-order valence-corrected chi connectivity index (χ0v) is 14.5. The van der Waals surface area contributed by atoms with Crippen molar-refractivity contribution in [3.05, 3.63) is 57.6 Å². The normalized spacial score (nSPS) is 11.2. The van der Waals surface area contributed by atoms with Gasteiger partial charge in [0.2, 0.25) is 0 Å². The van der Waals surface area contributed by atoms with Gasteiger partial charge in [-0.3, -0.25) is 10.1 Å². The highest BCUT2D eigenvalue weighted by atomic mass is 32.2. The Labute approximate surface area is 148 Å².